The van der Waals surface area contributed by atoms with Crippen LogP contribution in [0.4, 0.5) is 13.2 Å². The van der Waals surface area contributed by atoms with E-state index in [4.69, 9.17) is 0 Å². The maximum Gasteiger partial charge on any atom is 0.310 e. The van der Waals surface area contributed by atoms with E-state index < -0.39 is 35.4 Å². The van der Waals surface area contributed by atoms with Crippen LogP contribution in [0, 0.1) is 17.5 Å². The van der Waals surface area contributed by atoms with E-state index in [1.165, 1.54) is 0 Å². The van der Waals surface area contributed by atoms with Crippen molar-refractivity contribution < 1.29 is 22.7 Å². The van der Waals surface area contributed by atoms with Crippen molar-refractivity contribution in [3.63, 3.8) is 0 Å². The van der Waals surface area contributed by atoms with Crippen molar-refractivity contribution in [3.05, 3.63) is 35.1 Å². The molecule has 0 saturated heterocycles. The molecule has 0 saturated carbocycles. The largest absolute Gasteiger partial charge is 0.466 e. The van der Waals surface area contributed by atoms with Gasteiger partial charge in [0.1, 0.15) is 17.5 Å². The first-order chi connectivity index (χ1) is 7.04. The van der Waals surface area contributed by atoms with E-state index in [1.54, 1.807) is 6.92 Å². The summed E-state index contributed by atoms with van der Waals surface area (Å²) in [5.74, 6) is -3.93. The summed E-state index contributed by atoms with van der Waals surface area (Å²) >= 11 is 0. The Kier molecular flexibility index (Phi) is 3.71. The Bertz CT molecular complexity index is 354. The van der Waals surface area contributed by atoms with Crippen LogP contribution in [0.2, 0.25) is 0 Å². The molecule has 0 N–H and O–H groups in total. The van der Waals surface area contributed by atoms with Gasteiger partial charge in [0.05, 0.1) is 13.0 Å². The van der Waals surface area contributed by atoms with Crippen LogP contribution in [0.15, 0.2) is 12.1 Å². The van der Waals surface area contributed by atoms with Crippen LogP contribution in [0.25, 0.3) is 0 Å². The monoisotopic (exact) mass is 218 g/mol. The maximum atomic E-state index is 13.0. The van der Waals surface area contributed by atoms with Gasteiger partial charge in [-0.2, -0.15) is 0 Å². The average Bonchev–Trinajstić information content (AvgIpc) is 2.11. The molecule has 0 spiro atoms. The van der Waals surface area contributed by atoms with Crippen molar-refractivity contribution in [2.24, 2.45) is 0 Å². The standard InChI is InChI=1S/C10H9F3O2/c1-2-15-10(14)5-7-8(12)3-6(11)4-9(7)13/h3-4H,2,5H2,1H3. The first-order valence-electron chi connectivity index (χ1n) is 4.33. The number of benzene rings is 1. The van der Waals surface area contributed by atoms with Crippen LogP contribution >= 0.6 is 0 Å². The lowest BCUT2D eigenvalue weighted by Gasteiger charge is -2.04. The Hall–Kier alpha value is -1.52. The second-order valence-corrected chi connectivity index (χ2v) is 2.83. The van der Waals surface area contributed by atoms with Crippen LogP contribution in [0.1, 0.15) is 12.5 Å². The number of carbonyl (C=O) groups is 1. The fourth-order valence-electron chi connectivity index (χ4n) is 1.10. The quantitative estimate of drug-likeness (QED) is 0.727. The Balaban J connectivity index is 2.90. The molecule has 1 aromatic carbocycles. The fourth-order valence-corrected chi connectivity index (χ4v) is 1.10. The summed E-state index contributed by atoms with van der Waals surface area (Å²) in [4.78, 5) is 11.0. The van der Waals surface area contributed by atoms with Crippen LogP contribution in [-0.2, 0) is 16.0 Å². The number of carbonyl (C=O) groups excluding carboxylic acids is 1. The molecular formula is C10H9F3O2. The molecule has 1 aromatic rings. The molecule has 0 atom stereocenters. The highest BCUT2D eigenvalue weighted by Crippen LogP contribution is 2.15. The minimum absolute atomic E-state index is 0.128. The molecule has 2 nitrogen and oxygen atoms in total. The Morgan fingerprint density at radius 1 is 1.27 bits per heavy atom. The predicted molar refractivity (Wildman–Crippen MR) is 46.7 cm³/mol. The van der Waals surface area contributed by atoms with Crippen LogP contribution in [0.3, 0.4) is 0 Å². The lowest BCUT2D eigenvalue weighted by molar-refractivity contribution is -0.142. The third kappa shape index (κ3) is 2.97. The van der Waals surface area contributed by atoms with Crippen molar-refractivity contribution in [2.45, 2.75) is 13.3 Å². The van der Waals surface area contributed by atoms with Gasteiger partial charge in [-0.15, -0.1) is 0 Å². The van der Waals surface area contributed by atoms with E-state index in [0.29, 0.717) is 12.1 Å². The molecule has 0 aliphatic carbocycles. The molecule has 1 rings (SSSR count). The second-order valence-electron chi connectivity index (χ2n) is 2.83. The summed E-state index contributed by atoms with van der Waals surface area (Å²) in [7, 11) is 0. The molecule has 0 heterocycles. The smallest absolute Gasteiger partial charge is 0.310 e. The summed E-state index contributed by atoms with van der Waals surface area (Å²) in [6.45, 7) is 1.71. The molecule has 0 fully saturated rings. The molecule has 0 unspecified atom stereocenters. The zero-order chi connectivity index (χ0) is 11.4. The molecule has 0 radical (unpaired) electrons. The van der Waals surface area contributed by atoms with E-state index >= 15 is 0 Å². The van der Waals surface area contributed by atoms with Crippen molar-refractivity contribution in [3.8, 4) is 0 Å². The third-order valence-electron chi connectivity index (χ3n) is 1.73. The molecule has 82 valence electrons. The second kappa shape index (κ2) is 4.82. The van der Waals surface area contributed by atoms with Gasteiger partial charge >= 0.3 is 5.97 Å². The number of rotatable bonds is 3. The normalized spacial score (nSPS) is 10.1. The van der Waals surface area contributed by atoms with Crippen LogP contribution < -0.4 is 0 Å². The highest BCUT2D eigenvalue weighted by molar-refractivity contribution is 5.72. The molecule has 15 heavy (non-hydrogen) atoms. The van der Waals surface area contributed by atoms with Crippen molar-refractivity contribution in [1.29, 1.82) is 0 Å². The zero-order valence-electron chi connectivity index (χ0n) is 8.02. The summed E-state index contributed by atoms with van der Waals surface area (Å²) < 4.78 is 43.1. The van der Waals surface area contributed by atoms with Crippen molar-refractivity contribution >= 4 is 5.97 Å². The minimum atomic E-state index is -1.08. The molecule has 0 amide bonds. The Morgan fingerprint density at radius 2 is 1.80 bits per heavy atom. The highest BCUT2D eigenvalue weighted by atomic mass is 19.1. The molecular weight excluding hydrogens is 209 g/mol. The van der Waals surface area contributed by atoms with E-state index in [-0.39, 0.29) is 6.61 Å². The van der Waals surface area contributed by atoms with E-state index in [9.17, 15) is 18.0 Å². The van der Waals surface area contributed by atoms with Gasteiger partial charge in [-0.3, -0.25) is 4.79 Å². The molecule has 5 heteroatoms. The van der Waals surface area contributed by atoms with Gasteiger partial charge in [0.25, 0.3) is 0 Å². The number of ether oxygens (including phenoxy) is 1. The SMILES string of the molecule is CCOC(=O)Cc1c(F)cc(F)cc1F. The van der Waals surface area contributed by atoms with E-state index in [1.807, 2.05) is 0 Å². The highest BCUT2D eigenvalue weighted by Gasteiger charge is 2.15. The Morgan fingerprint density at radius 3 is 2.27 bits per heavy atom. The predicted octanol–water partition coefficient (Wildman–Crippen LogP) is 2.21. The fraction of sp³-hybridized carbons (Fsp3) is 0.300. The molecule has 0 aliphatic rings. The summed E-state index contributed by atoms with van der Waals surface area (Å²) in [5, 5.41) is 0. The van der Waals surface area contributed by atoms with Gasteiger partial charge in [0.15, 0.2) is 0 Å². The van der Waals surface area contributed by atoms with Crippen molar-refractivity contribution in [2.75, 3.05) is 6.61 Å². The van der Waals surface area contributed by atoms with Gasteiger partial charge in [-0.25, -0.2) is 13.2 Å². The minimum Gasteiger partial charge on any atom is -0.466 e. The maximum absolute atomic E-state index is 13.0. The summed E-state index contributed by atoms with van der Waals surface area (Å²) in [5.41, 5.74) is -0.477. The lowest BCUT2D eigenvalue weighted by Crippen LogP contribution is -2.10. The topological polar surface area (TPSA) is 26.3 Å². The van der Waals surface area contributed by atoms with E-state index in [0.717, 1.165) is 0 Å². The summed E-state index contributed by atoms with van der Waals surface area (Å²) in [6.07, 6.45) is -0.536. The Labute approximate surface area is 84.7 Å². The van der Waals surface area contributed by atoms with E-state index in [2.05, 4.69) is 4.74 Å². The van der Waals surface area contributed by atoms with Gasteiger partial charge in [-0.05, 0) is 6.92 Å². The number of hydrogen-bond acceptors (Lipinski definition) is 2. The first-order valence-corrected chi connectivity index (χ1v) is 4.33. The van der Waals surface area contributed by atoms with Crippen molar-refractivity contribution in [1.82, 2.24) is 0 Å². The van der Waals surface area contributed by atoms with Gasteiger partial charge in [0.2, 0.25) is 0 Å². The number of hydrogen-bond donors (Lipinski definition) is 0. The van der Waals surface area contributed by atoms with Crippen LogP contribution in [0.5, 0.6) is 0 Å². The van der Waals surface area contributed by atoms with Gasteiger partial charge in [0, 0.05) is 17.7 Å². The molecule has 0 bridgehead atoms. The zero-order valence-corrected chi connectivity index (χ0v) is 8.02. The molecule has 0 aromatic heterocycles. The number of esters is 1. The van der Waals surface area contributed by atoms with Gasteiger partial charge in [-0.1, -0.05) is 0 Å². The third-order valence-corrected chi connectivity index (χ3v) is 1.73. The first kappa shape index (κ1) is 11.6. The van der Waals surface area contributed by atoms with Gasteiger partial charge < -0.3 is 4.74 Å². The van der Waals surface area contributed by atoms with Crippen LogP contribution in [-0.4, -0.2) is 12.6 Å². The average molecular weight is 218 g/mol. The lowest BCUT2D eigenvalue weighted by atomic mass is 10.1. The summed E-state index contributed by atoms with van der Waals surface area (Å²) in [6, 6.07) is 1.05. The molecule has 0 aliphatic heterocycles. The number of halogens is 3.